The van der Waals surface area contributed by atoms with E-state index in [0.29, 0.717) is 37.6 Å². The third-order valence-electron chi connectivity index (χ3n) is 4.19. The van der Waals surface area contributed by atoms with Gasteiger partial charge in [-0.25, -0.2) is 13.2 Å². The largest absolute Gasteiger partial charge is 0.477 e. The number of carbonyl (C=O) groups is 1. The molecule has 1 aliphatic rings. The van der Waals surface area contributed by atoms with E-state index in [9.17, 15) is 13.2 Å². The van der Waals surface area contributed by atoms with Gasteiger partial charge in [0.15, 0.2) is 0 Å². The Balaban J connectivity index is 1.55. The number of nitrogens with zero attached hydrogens (tertiary/aromatic N) is 2. The van der Waals surface area contributed by atoms with Crippen LogP contribution in [0, 0.1) is 0 Å². The van der Waals surface area contributed by atoms with Gasteiger partial charge in [-0.05, 0) is 22.6 Å². The molecule has 2 aromatic rings. The fraction of sp³-hybridized carbons (Fsp3) is 0.353. The van der Waals surface area contributed by atoms with Crippen LogP contribution in [0.2, 0.25) is 0 Å². The first-order valence-electron chi connectivity index (χ1n) is 7.99. The van der Waals surface area contributed by atoms with Crippen molar-refractivity contribution < 1.29 is 18.3 Å². The van der Waals surface area contributed by atoms with E-state index in [2.05, 4.69) is 4.90 Å². The summed E-state index contributed by atoms with van der Waals surface area (Å²) in [5.74, 6) is -0.881. The van der Waals surface area contributed by atoms with Crippen molar-refractivity contribution in [3.63, 3.8) is 0 Å². The number of carboxylic acids is 1. The number of hydrogen-bond donors (Lipinski definition) is 1. The van der Waals surface area contributed by atoms with E-state index >= 15 is 0 Å². The lowest BCUT2D eigenvalue weighted by Crippen LogP contribution is -2.48. The average Bonchev–Trinajstić information content (AvgIpc) is 3.05. The summed E-state index contributed by atoms with van der Waals surface area (Å²) in [6.45, 7) is 2.87. The van der Waals surface area contributed by atoms with Gasteiger partial charge >= 0.3 is 5.97 Å². The second-order valence-corrected chi connectivity index (χ2v) is 8.92. The Morgan fingerprint density at radius 1 is 1.08 bits per heavy atom. The van der Waals surface area contributed by atoms with Crippen LogP contribution in [0.5, 0.6) is 0 Å². The first-order chi connectivity index (χ1) is 11.9. The molecule has 8 heteroatoms. The lowest BCUT2D eigenvalue weighted by molar-refractivity contribution is 0.0702. The predicted molar refractivity (Wildman–Crippen MR) is 97.2 cm³/mol. The number of piperazine rings is 1. The Hall–Kier alpha value is -1.74. The molecule has 3 rings (SSSR count). The van der Waals surface area contributed by atoms with E-state index < -0.39 is 16.0 Å². The van der Waals surface area contributed by atoms with Gasteiger partial charge < -0.3 is 5.11 Å². The third kappa shape index (κ3) is 4.66. The number of benzene rings is 1. The van der Waals surface area contributed by atoms with Crippen LogP contribution in [0.25, 0.3) is 0 Å². The van der Waals surface area contributed by atoms with E-state index in [1.807, 2.05) is 35.7 Å². The lowest BCUT2D eigenvalue weighted by atomic mass is 10.2. The first-order valence-corrected chi connectivity index (χ1v) is 10.5. The molecule has 1 fully saturated rings. The zero-order chi connectivity index (χ0) is 17.9. The molecule has 1 saturated heterocycles. The van der Waals surface area contributed by atoms with E-state index in [-0.39, 0.29) is 5.75 Å². The van der Waals surface area contributed by atoms with Crippen molar-refractivity contribution in [3.8, 4) is 0 Å². The van der Waals surface area contributed by atoms with Gasteiger partial charge in [0, 0.05) is 32.7 Å². The van der Waals surface area contributed by atoms with Crippen molar-refractivity contribution >= 4 is 27.3 Å². The lowest BCUT2D eigenvalue weighted by Gasteiger charge is -2.33. The van der Waals surface area contributed by atoms with Crippen molar-refractivity contribution in [2.24, 2.45) is 0 Å². The molecular weight excluding hydrogens is 360 g/mol. The van der Waals surface area contributed by atoms with Crippen LogP contribution < -0.4 is 0 Å². The van der Waals surface area contributed by atoms with Gasteiger partial charge in [0.2, 0.25) is 10.0 Å². The average molecular weight is 380 g/mol. The standard InChI is InChI=1S/C17H20N2O4S2/c20-17(21)16-10-15(12-24-16)11-18-6-8-19(9-7-18)25(22,23)13-14-4-2-1-3-5-14/h1-5,10,12H,6-9,11,13H2,(H,20,21). The van der Waals surface area contributed by atoms with Crippen molar-refractivity contribution in [2.45, 2.75) is 12.3 Å². The fourth-order valence-electron chi connectivity index (χ4n) is 2.87. The van der Waals surface area contributed by atoms with Gasteiger partial charge in [0.05, 0.1) is 5.75 Å². The van der Waals surface area contributed by atoms with Gasteiger partial charge in [-0.2, -0.15) is 4.31 Å². The zero-order valence-electron chi connectivity index (χ0n) is 13.7. The molecule has 0 radical (unpaired) electrons. The maximum absolute atomic E-state index is 12.5. The summed E-state index contributed by atoms with van der Waals surface area (Å²) < 4.78 is 26.6. The highest BCUT2D eigenvalue weighted by atomic mass is 32.2. The molecule has 134 valence electrons. The molecule has 6 nitrogen and oxygen atoms in total. The summed E-state index contributed by atoms with van der Waals surface area (Å²) in [6, 6.07) is 10.9. The van der Waals surface area contributed by atoms with Gasteiger partial charge in [-0.15, -0.1) is 11.3 Å². The number of sulfonamides is 1. The molecule has 0 atom stereocenters. The molecule has 25 heavy (non-hydrogen) atoms. The molecular formula is C17H20N2O4S2. The van der Waals surface area contributed by atoms with E-state index in [1.165, 1.54) is 11.3 Å². The zero-order valence-corrected chi connectivity index (χ0v) is 15.3. The van der Waals surface area contributed by atoms with Crippen LogP contribution >= 0.6 is 11.3 Å². The summed E-state index contributed by atoms with van der Waals surface area (Å²) in [5.41, 5.74) is 1.76. The smallest absolute Gasteiger partial charge is 0.345 e. The van der Waals surface area contributed by atoms with Crippen molar-refractivity contribution in [1.29, 1.82) is 0 Å². The van der Waals surface area contributed by atoms with Gasteiger partial charge in [-0.1, -0.05) is 30.3 Å². The maximum Gasteiger partial charge on any atom is 0.345 e. The monoisotopic (exact) mass is 380 g/mol. The van der Waals surface area contributed by atoms with Crippen LogP contribution in [0.1, 0.15) is 20.8 Å². The summed E-state index contributed by atoms with van der Waals surface area (Å²) >= 11 is 1.22. The fourth-order valence-corrected chi connectivity index (χ4v) is 5.13. The second kappa shape index (κ2) is 7.65. The number of hydrogen-bond acceptors (Lipinski definition) is 5. The predicted octanol–water partition coefficient (Wildman–Crippen LogP) is 2.09. The van der Waals surface area contributed by atoms with E-state index in [0.717, 1.165) is 11.1 Å². The molecule has 0 amide bonds. The second-order valence-electron chi connectivity index (χ2n) is 6.04. The van der Waals surface area contributed by atoms with Gasteiger partial charge in [-0.3, -0.25) is 4.90 Å². The topological polar surface area (TPSA) is 77.9 Å². The highest BCUT2D eigenvalue weighted by Crippen LogP contribution is 2.19. The molecule has 0 bridgehead atoms. The maximum atomic E-state index is 12.5. The summed E-state index contributed by atoms with van der Waals surface area (Å²) in [4.78, 5) is 13.4. The van der Waals surface area contributed by atoms with Crippen molar-refractivity contribution in [1.82, 2.24) is 9.21 Å². The number of aromatic carboxylic acids is 1. The molecule has 0 saturated carbocycles. The van der Waals surface area contributed by atoms with Crippen molar-refractivity contribution in [2.75, 3.05) is 26.2 Å². The Morgan fingerprint density at radius 3 is 2.36 bits per heavy atom. The molecule has 1 aliphatic heterocycles. The molecule has 1 aromatic carbocycles. The van der Waals surface area contributed by atoms with Crippen LogP contribution in [0.15, 0.2) is 41.8 Å². The number of carboxylic acid groups (broad SMARTS) is 1. The molecule has 0 unspecified atom stereocenters. The normalized spacial score (nSPS) is 16.8. The van der Waals surface area contributed by atoms with Gasteiger partial charge in [0.25, 0.3) is 0 Å². The SMILES string of the molecule is O=C(O)c1cc(CN2CCN(S(=O)(=O)Cc3ccccc3)CC2)cs1. The summed E-state index contributed by atoms with van der Waals surface area (Å²) in [7, 11) is -3.31. The Kier molecular flexibility index (Phi) is 5.53. The molecule has 0 aliphatic carbocycles. The first kappa shape index (κ1) is 18.1. The van der Waals surface area contributed by atoms with E-state index in [4.69, 9.17) is 5.11 Å². The van der Waals surface area contributed by atoms with E-state index in [1.54, 1.807) is 10.4 Å². The van der Waals surface area contributed by atoms with Crippen LogP contribution in [0.4, 0.5) is 0 Å². The van der Waals surface area contributed by atoms with Crippen molar-refractivity contribution in [3.05, 3.63) is 57.8 Å². The minimum Gasteiger partial charge on any atom is -0.477 e. The Labute approximate surface area is 151 Å². The molecule has 1 N–H and O–H groups in total. The van der Waals surface area contributed by atoms with Crippen LogP contribution in [-0.2, 0) is 22.3 Å². The molecule has 0 spiro atoms. The Bertz CT molecular complexity index is 825. The molecule has 2 heterocycles. The Morgan fingerprint density at radius 2 is 1.76 bits per heavy atom. The summed E-state index contributed by atoms with van der Waals surface area (Å²) in [6.07, 6.45) is 0. The molecule has 1 aromatic heterocycles. The highest BCUT2D eigenvalue weighted by Gasteiger charge is 2.27. The minimum absolute atomic E-state index is 0.0281. The van der Waals surface area contributed by atoms with Crippen LogP contribution in [0.3, 0.4) is 0 Å². The summed E-state index contributed by atoms with van der Waals surface area (Å²) in [5, 5.41) is 10.8. The highest BCUT2D eigenvalue weighted by molar-refractivity contribution is 7.88. The number of thiophene rings is 1. The van der Waals surface area contributed by atoms with Crippen LogP contribution in [-0.4, -0.2) is 54.9 Å². The third-order valence-corrected chi connectivity index (χ3v) is 7.00. The number of rotatable bonds is 6. The quantitative estimate of drug-likeness (QED) is 0.830. The van der Waals surface area contributed by atoms with Gasteiger partial charge in [0.1, 0.15) is 4.88 Å². The minimum atomic E-state index is -3.31.